The number of halogens is 1. The minimum Gasteiger partial charge on any atom is -0.444 e. The third-order valence-electron chi connectivity index (χ3n) is 3.44. The molecule has 1 aromatic heterocycles. The maximum Gasteiger partial charge on any atom is 0.410 e. The smallest absolute Gasteiger partial charge is 0.410 e. The molecular weight excluding hydrogens is 338 g/mol. The van der Waals surface area contributed by atoms with Gasteiger partial charge in [-0.2, -0.15) is 0 Å². The van der Waals surface area contributed by atoms with E-state index in [-0.39, 0.29) is 17.9 Å². The molecule has 0 aliphatic carbocycles. The fourth-order valence-corrected chi connectivity index (χ4v) is 3.43. The molecule has 1 fully saturated rings. The van der Waals surface area contributed by atoms with E-state index in [9.17, 15) is 9.59 Å². The van der Waals surface area contributed by atoms with Crippen molar-refractivity contribution in [1.29, 1.82) is 0 Å². The highest BCUT2D eigenvalue weighted by Gasteiger charge is 2.28. The van der Waals surface area contributed by atoms with E-state index in [1.807, 2.05) is 20.8 Å². The first-order valence-corrected chi connectivity index (χ1v) is 8.93. The van der Waals surface area contributed by atoms with Crippen LogP contribution in [0.3, 0.4) is 0 Å². The Bertz CT molecular complexity index is 563. The van der Waals surface area contributed by atoms with Gasteiger partial charge in [0.15, 0.2) is 5.13 Å². The summed E-state index contributed by atoms with van der Waals surface area (Å²) in [7, 11) is 0. The normalized spacial score (nSPS) is 16.3. The summed E-state index contributed by atoms with van der Waals surface area (Å²) >= 11 is 6.93. The predicted molar refractivity (Wildman–Crippen MR) is 91.2 cm³/mol. The van der Waals surface area contributed by atoms with Crippen LogP contribution >= 0.6 is 22.9 Å². The number of ether oxygens (including phenoxy) is 1. The SMILES string of the molecule is CC(C)(C)OC(=O)N1CCC(c2cnc(NC(=O)CCl)s2)CC1. The van der Waals surface area contributed by atoms with Gasteiger partial charge in [-0.25, -0.2) is 9.78 Å². The van der Waals surface area contributed by atoms with Crippen molar-refractivity contribution < 1.29 is 14.3 Å². The van der Waals surface area contributed by atoms with Crippen molar-refractivity contribution in [2.45, 2.75) is 45.1 Å². The summed E-state index contributed by atoms with van der Waals surface area (Å²) in [5.74, 6) is 0.0172. The molecule has 0 saturated carbocycles. The van der Waals surface area contributed by atoms with Crippen LogP contribution in [-0.4, -0.2) is 46.5 Å². The van der Waals surface area contributed by atoms with Crippen molar-refractivity contribution in [3.63, 3.8) is 0 Å². The van der Waals surface area contributed by atoms with E-state index >= 15 is 0 Å². The van der Waals surface area contributed by atoms with E-state index in [1.54, 1.807) is 11.1 Å². The number of rotatable bonds is 3. The molecule has 1 saturated heterocycles. The van der Waals surface area contributed by atoms with Gasteiger partial charge in [0.2, 0.25) is 5.91 Å². The Hall–Kier alpha value is -1.34. The average molecular weight is 360 g/mol. The van der Waals surface area contributed by atoms with Crippen LogP contribution in [0.25, 0.3) is 0 Å². The van der Waals surface area contributed by atoms with Gasteiger partial charge in [0, 0.05) is 24.2 Å². The summed E-state index contributed by atoms with van der Waals surface area (Å²) in [6.45, 7) is 6.94. The molecule has 0 atom stereocenters. The zero-order valence-electron chi connectivity index (χ0n) is 13.6. The summed E-state index contributed by atoms with van der Waals surface area (Å²) in [5.41, 5.74) is -0.471. The molecule has 0 unspecified atom stereocenters. The molecule has 6 nitrogen and oxygen atoms in total. The van der Waals surface area contributed by atoms with Crippen LogP contribution in [0.4, 0.5) is 9.93 Å². The quantitative estimate of drug-likeness (QED) is 0.839. The van der Waals surface area contributed by atoms with Gasteiger partial charge in [-0.3, -0.25) is 4.79 Å². The van der Waals surface area contributed by atoms with Crippen molar-refractivity contribution in [3.8, 4) is 0 Å². The molecule has 0 aromatic carbocycles. The predicted octanol–water partition coefficient (Wildman–Crippen LogP) is 3.43. The van der Waals surface area contributed by atoms with Crippen LogP contribution in [0.15, 0.2) is 6.20 Å². The van der Waals surface area contributed by atoms with Crippen molar-refractivity contribution in [2.24, 2.45) is 0 Å². The van der Waals surface area contributed by atoms with Gasteiger partial charge in [0.05, 0.1) is 0 Å². The first kappa shape index (κ1) is 18.0. The number of hydrogen-bond acceptors (Lipinski definition) is 5. The molecule has 1 aromatic rings. The fourth-order valence-electron chi connectivity index (χ4n) is 2.36. The molecule has 2 heterocycles. The molecular formula is C15H22ClN3O3S. The number of aromatic nitrogens is 1. The Kier molecular flexibility index (Phi) is 5.86. The summed E-state index contributed by atoms with van der Waals surface area (Å²) in [4.78, 5) is 30.4. The van der Waals surface area contributed by atoms with E-state index < -0.39 is 5.60 Å². The van der Waals surface area contributed by atoms with Gasteiger partial charge in [-0.15, -0.1) is 22.9 Å². The number of anilines is 1. The largest absolute Gasteiger partial charge is 0.444 e. The minimum absolute atomic E-state index is 0.0802. The van der Waals surface area contributed by atoms with E-state index in [1.165, 1.54) is 11.3 Å². The van der Waals surface area contributed by atoms with Crippen LogP contribution < -0.4 is 5.32 Å². The number of piperidine rings is 1. The first-order chi connectivity index (χ1) is 10.8. The molecule has 2 rings (SSSR count). The number of likely N-dealkylation sites (tertiary alicyclic amines) is 1. The zero-order chi connectivity index (χ0) is 17.0. The molecule has 23 heavy (non-hydrogen) atoms. The highest BCUT2D eigenvalue weighted by atomic mass is 35.5. The van der Waals surface area contributed by atoms with E-state index in [0.717, 1.165) is 17.7 Å². The molecule has 128 valence electrons. The third-order valence-corrected chi connectivity index (χ3v) is 4.76. The number of carbonyl (C=O) groups excluding carboxylic acids is 2. The maximum atomic E-state index is 12.0. The second kappa shape index (κ2) is 7.49. The number of nitrogens with zero attached hydrogens (tertiary/aromatic N) is 2. The number of hydrogen-bond donors (Lipinski definition) is 1. The summed E-state index contributed by atoms with van der Waals surface area (Å²) in [5, 5.41) is 3.23. The molecule has 0 spiro atoms. The molecule has 2 amide bonds. The van der Waals surface area contributed by atoms with Crippen LogP contribution in [0.2, 0.25) is 0 Å². The van der Waals surface area contributed by atoms with Crippen LogP contribution in [0, 0.1) is 0 Å². The second-order valence-corrected chi connectivity index (χ2v) is 7.82. The zero-order valence-corrected chi connectivity index (χ0v) is 15.2. The lowest BCUT2D eigenvalue weighted by molar-refractivity contribution is -0.113. The number of thiazole rings is 1. The average Bonchev–Trinajstić information content (AvgIpc) is 2.94. The molecule has 1 aliphatic heterocycles. The monoisotopic (exact) mass is 359 g/mol. The van der Waals surface area contributed by atoms with Gasteiger partial charge in [-0.1, -0.05) is 0 Å². The number of alkyl halides is 1. The highest BCUT2D eigenvalue weighted by Crippen LogP contribution is 2.33. The Morgan fingerprint density at radius 2 is 2.09 bits per heavy atom. The fraction of sp³-hybridized carbons (Fsp3) is 0.667. The van der Waals surface area contributed by atoms with Gasteiger partial charge in [-0.05, 0) is 39.5 Å². The van der Waals surface area contributed by atoms with E-state index in [0.29, 0.717) is 24.1 Å². The van der Waals surface area contributed by atoms with Crippen molar-refractivity contribution >= 4 is 40.1 Å². The van der Waals surface area contributed by atoms with Gasteiger partial charge >= 0.3 is 6.09 Å². The standard InChI is InChI=1S/C15H22ClN3O3S/c1-15(2,3)22-14(21)19-6-4-10(5-7-19)11-9-17-13(23-11)18-12(20)8-16/h9-10H,4-8H2,1-3H3,(H,17,18,20). The molecule has 0 radical (unpaired) electrons. The number of carbonyl (C=O) groups is 2. The van der Waals surface area contributed by atoms with Crippen molar-refractivity contribution in [3.05, 3.63) is 11.1 Å². The maximum absolute atomic E-state index is 12.0. The van der Waals surface area contributed by atoms with Gasteiger partial charge in [0.25, 0.3) is 0 Å². The van der Waals surface area contributed by atoms with Crippen LogP contribution in [-0.2, 0) is 9.53 Å². The molecule has 1 aliphatic rings. The molecule has 0 bridgehead atoms. The van der Waals surface area contributed by atoms with Gasteiger partial charge < -0.3 is 15.0 Å². The van der Waals surface area contributed by atoms with Crippen LogP contribution in [0.5, 0.6) is 0 Å². The lowest BCUT2D eigenvalue weighted by atomic mass is 9.96. The van der Waals surface area contributed by atoms with E-state index in [4.69, 9.17) is 16.3 Å². The Balaban J connectivity index is 1.87. The molecule has 1 N–H and O–H groups in total. The van der Waals surface area contributed by atoms with Crippen molar-refractivity contribution in [2.75, 3.05) is 24.3 Å². The lowest BCUT2D eigenvalue weighted by Crippen LogP contribution is -2.41. The van der Waals surface area contributed by atoms with Gasteiger partial charge in [0.1, 0.15) is 11.5 Å². The van der Waals surface area contributed by atoms with Crippen LogP contribution in [0.1, 0.15) is 44.4 Å². The highest BCUT2D eigenvalue weighted by molar-refractivity contribution is 7.15. The topological polar surface area (TPSA) is 71.5 Å². The molecule has 8 heteroatoms. The first-order valence-electron chi connectivity index (χ1n) is 7.58. The summed E-state index contributed by atoms with van der Waals surface area (Å²) < 4.78 is 5.40. The summed E-state index contributed by atoms with van der Waals surface area (Å²) in [6.07, 6.45) is 3.27. The third kappa shape index (κ3) is 5.35. The lowest BCUT2D eigenvalue weighted by Gasteiger charge is -2.33. The second-order valence-electron chi connectivity index (χ2n) is 6.49. The Morgan fingerprint density at radius 1 is 1.43 bits per heavy atom. The number of nitrogens with one attached hydrogen (secondary N) is 1. The summed E-state index contributed by atoms with van der Waals surface area (Å²) in [6, 6.07) is 0. The Labute approximate surface area is 145 Å². The minimum atomic E-state index is -0.471. The Morgan fingerprint density at radius 3 is 2.65 bits per heavy atom. The van der Waals surface area contributed by atoms with Crippen molar-refractivity contribution in [1.82, 2.24) is 9.88 Å². The number of amides is 2. The van der Waals surface area contributed by atoms with E-state index in [2.05, 4.69) is 10.3 Å².